The first-order valence-corrected chi connectivity index (χ1v) is 7.34. The Kier molecular flexibility index (Phi) is 6.02. The van der Waals surface area contributed by atoms with Crippen LogP contribution in [0.1, 0.15) is 49.0 Å². The third-order valence-electron chi connectivity index (χ3n) is 3.63. The molecule has 0 unspecified atom stereocenters. The molecule has 0 bridgehead atoms. The van der Waals surface area contributed by atoms with Gasteiger partial charge in [-0.15, -0.1) is 0 Å². The Morgan fingerprint density at radius 1 is 1.16 bits per heavy atom. The monoisotopic (exact) mass is 259 g/mol. The van der Waals surface area contributed by atoms with E-state index >= 15 is 0 Å². The van der Waals surface area contributed by atoms with Gasteiger partial charge < -0.3 is 4.90 Å². The first kappa shape index (κ1) is 14.2. The van der Waals surface area contributed by atoms with Gasteiger partial charge in [-0.1, -0.05) is 12.5 Å². The summed E-state index contributed by atoms with van der Waals surface area (Å²) >= 11 is 0. The van der Waals surface area contributed by atoms with Crippen LogP contribution < -0.4 is 0 Å². The largest absolute Gasteiger partial charge is 0.303 e. The van der Waals surface area contributed by atoms with Crippen molar-refractivity contribution in [2.75, 3.05) is 19.6 Å². The van der Waals surface area contributed by atoms with Crippen LogP contribution in [0.15, 0.2) is 24.4 Å². The molecular formula is C16H23N2O. The highest BCUT2D eigenvalue weighted by Crippen LogP contribution is 2.10. The number of hydrogen-bond donors (Lipinski definition) is 0. The van der Waals surface area contributed by atoms with Gasteiger partial charge in [0.25, 0.3) is 0 Å². The van der Waals surface area contributed by atoms with Gasteiger partial charge in [-0.25, -0.2) is 0 Å². The third kappa shape index (κ3) is 5.11. The number of unbranched alkanes of at least 4 members (excludes halogenated alkanes) is 2. The van der Waals surface area contributed by atoms with E-state index in [2.05, 4.69) is 16.3 Å². The maximum atomic E-state index is 11.8. The first-order valence-electron chi connectivity index (χ1n) is 7.34. The van der Waals surface area contributed by atoms with Gasteiger partial charge in [0.05, 0.1) is 0 Å². The molecule has 0 saturated carbocycles. The number of aromatic nitrogens is 1. The number of piperidine rings is 1. The van der Waals surface area contributed by atoms with Gasteiger partial charge in [0.2, 0.25) is 0 Å². The zero-order valence-corrected chi connectivity index (χ0v) is 11.6. The van der Waals surface area contributed by atoms with Crippen LogP contribution in [0.3, 0.4) is 0 Å². The molecule has 1 saturated heterocycles. The van der Waals surface area contributed by atoms with Gasteiger partial charge in [0.15, 0.2) is 5.78 Å². The molecule has 0 aliphatic carbocycles. The van der Waals surface area contributed by atoms with Crippen molar-refractivity contribution in [3.8, 4) is 0 Å². The summed E-state index contributed by atoms with van der Waals surface area (Å²) in [6, 6.07) is 5.51. The molecule has 3 nitrogen and oxygen atoms in total. The van der Waals surface area contributed by atoms with E-state index in [1.807, 2.05) is 12.1 Å². The Morgan fingerprint density at radius 3 is 2.74 bits per heavy atom. The van der Waals surface area contributed by atoms with E-state index in [-0.39, 0.29) is 5.78 Å². The van der Waals surface area contributed by atoms with Gasteiger partial charge in [-0.2, -0.15) is 0 Å². The molecule has 0 aromatic carbocycles. The predicted molar refractivity (Wildman–Crippen MR) is 77.0 cm³/mol. The fraction of sp³-hybridized carbons (Fsp3) is 0.562. The topological polar surface area (TPSA) is 33.2 Å². The van der Waals surface area contributed by atoms with Crippen LogP contribution in [0.5, 0.6) is 0 Å². The summed E-state index contributed by atoms with van der Waals surface area (Å²) in [4.78, 5) is 18.5. The predicted octanol–water partition coefficient (Wildman–Crippen LogP) is 3.12. The summed E-state index contributed by atoms with van der Waals surface area (Å²) in [6.45, 7) is 3.62. The number of ketones is 1. The second kappa shape index (κ2) is 8.05. The van der Waals surface area contributed by atoms with E-state index in [1.165, 1.54) is 38.9 Å². The normalized spacial score (nSPS) is 16.4. The third-order valence-corrected chi connectivity index (χ3v) is 3.63. The average molecular weight is 259 g/mol. The summed E-state index contributed by atoms with van der Waals surface area (Å²) in [5.74, 6) is 0.174. The van der Waals surface area contributed by atoms with Crippen molar-refractivity contribution in [2.24, 2.45) is 0 Å². The minimum absolute atomic E-state index is 0.174. The maximum Gasteiger partial charge on any atom is 0.181 e. The minimum Gasteiger partial charge on any atom is -0.303 e. The highest BCUT2D eigenvalue weighted by molar-refractivity contribution is 5.94. The lowest BCUT2D eigenvalue weighted by Gasteiger charge is -2.26. The molecule has 3 heteroatoms. The molecular weight excluding hydrogens is 236 g/mol. The van der Waals surface area contributed by atoms with Crippen LogP contribution in [0.25, 0.3) is 0 Å². The zero-order valence-electron chi connectivity index (χ0n) is 11.6. The van der Waals surface area contributed by atoms with Gasteiger partial charge in [-0.05, 0) is 63.9 Å². The van der Waals surface area contributed by atoms with Gasteiger partial charge >= 0.3 is 0 Å². The molecule has 1 aromatic rings. The van der Waals surface area contributed by atoms with E-state index in [1.54, 1.807) is 12.3 Å². The number of carbonyl (C=O) groups is 1. The second-order valence-corrected chi connectivity index (χ2v) is 5.16. The molecule has 0 N–H and O–H groups in total. The van der Waals surface area contributed by atoms with Crippen molar-refractivity contribution in [3.05, 3.63) is 36.5 Å². The van der Waals surface area contributed by atoms with Crippen LogP contribution in [-0.4, -0.2) is 35.3 Å². The number of nitrogens with zero attached hydrogens (tertiary/aromatic N) is 2. The molecule has 103 valence electrons. The van der Waals surface area contributed by atoms with Crippen molar-refractivity contribution < 1.29 is 4.79 Å². The molecule has 2 heterocycles. The highest BCUT2D eigenvalue weighted by Gasteiger charge is 2.10. The fourth-order valence-corrected chi connectivity index (χ4v) is 2.48. The summed E-state index contributed by atoms with van der Waals surface area (Å²) in [5.41, 5.74) is 0.606. The van der Waals surface area contributed by atoms with E-state index in [0.29, 0.717) is 12.1 Å². The zero-order chi connectivity index (χ0) is 13.3. The molecule has 0 amide bonds. The molecule has 0 atom stereocenters. The van der Waals surface area contributed by atoms with Gasteiger partial charge in [0, 0.05) is 12.6 Å². The van der Waals surface area contributed by atoms with E-state index in [4.69, 9.17) is 0 Å². The Morgan fingerprint density at radius 2 is 2.00 bits per heavy atom. The molecule has 2 rings (SSSR count). The van der Waals surface area contributed by atoms with Crippen molar-refractivity contribution in [2.45, 2.75) is 38.5 Å². The quantitative estimate of drug-likeness (QED) is 0.557. The molecule has 0 spiro atoms. The summed E-state index contributed by atoms with van der Waals surface area (Å²) in [7, 11) is 0. The summed E-state index contributed by atoms with van der Waals surface area (Å²) in [5, 5.41) is 0. The molecule has 19 heavy (non-hydrogen) atoms. The summed E-state index contributed by atoms with van der Waals surface area (Å²) in [6.07, 6.45) is 10.5. The Labute approximate surface area is 116 Å². The van der Waals surface area contributed by atoms with Gasteiger partial charge in [-0.3, -0.25) is 9.78 Å². The molecule has 1 aliphatic rings. The Balaban J connectivity index is 1.55. The van der Waals surface area contributed by atoms with E-state index in [9.17, 15) is 4.79 Å². The number of likely N-dealkylation sites (tertiary alicyclic amines) is 1. The van der Waals surface area contributed by atoms with Crippen LogP contribution in [0, 0.1) is 6.42 Å². The Bertz CT molecular complexity index is 372. The highest BCUT2D eigenvalue weighted by atomic mass is 16.1. The van der Waals surface area contributed by atoms with Crippen LogP contribution in [0.2, 0.25) is 0 Å². The maximum absolute atomic E-state index is 11.8. The van der Waals surface area contributed by atoms with Crippen LogP contribution in [0.4, 0.5) is 0 Å². The number of Topliss-reactive ketones (excluding diaryl/α,β-unsaturated/α-hetero) is 1. The molecule has 1 fully saturated rings. The standard InChI is InChI=1S/C16H23N2O/c19-16(15-9-4-5-11-17-15)10-3-1-6-12-18-13-7-2-8-14-18/h2,4-5,9,11H,1,3,6-8,10,12-14H2. The minimum atomic E-state index is 0.174. The van der Waals surface area contributed by atoms with Crippen molar-refractivity contribution in [1.82, 2.24) is 9.88 Å². The molecule has 1 aromatic heterocycles. The van der Waals surface area contributed by atoms with E-state index in [0.717, 1.165) is 12.8 Å². The average Bonchev–Trinajstić information content (AvgIpc) is 2.49. The summed E-state index contributed by atoms with van der Waals surface area (Å²) < 4.78 is 0. The number of rotatable bonds is 7. The lowest BCUT2D eigenvalue weighted by Crippen LogP contribution is -2.30. The van der Waals surface area contributed by atoms with E-state index < -0.39 is 0 Å². The Hall–Kier alpha value is -1.22. The number of hydrogen-bond acceptors (Lipinski definition) is 3. The van der Waals surface area contributed by atoms with Crippen molar-refractivity contribution in [3.63, 3.8) is 0 Å². The second-order valence-electron chi connectivity index (χ2n) is 5.16. The fourth-order valence-electron chi connectivity index (χ4n) is 2.48. The lowest BCUT2D eigenvalue weighted by molar-refractivity contribution is 0.0974. The first-order chi connectivity index (χ1) is 9.36. The van der Waals surface area contributed by atoms with Crippen molar-refractivity contribution in [1.29, 1.82) is 0 Å². The van der Waals surface area contributed by atoms with Gasteiger partial charge in [0.1, 0.15) is 5.69 Å². The lowest BCUT2D eigenvalue weighted by atomic mass is 10.1. The molecule has 1 radical (unpaired) electrons. The smallest absolute Gasteiger partial charge is 0.181 e. The SMILES string of the molecule is O=C(CCCCCN1CC[CH]CC1)c1ccccn1. The number of pyridine rings is 1. The van der Waals surface area contributed by atoms with Crippen LogP contribution >= 0.6 is 0 Å². The van der Waals surface area contributed by atoms with Crippen LogP contribution in [-0.2, 0) is 0 Å². The van der Waals surface area contributed by atoms with Crippen molar-refractivity contribution >= 4 is 5.78 Å². The number of carbonyl (C=O) groups excluding carboxylic acids is 1. The molecule has 1 aliphatic heterocycles.